The third kappa shape index (κ3) is 2.89. The Morgan fingerprint density at radius 3 is 2.23 bits per heavy atom. The summed E-state index contributed by atoms with van der Waals surface area (Å²) in [5.41, 5.74) is 0.494. The number of methoxy groups -OCH3 is 1. The molecule has 0 atom stereocenters. The van der Waals surface area contributed by atoms with E-state index >= 15 is 0 Å². The fraction of sp³-hybridized carbons (Fsp3) is 0.0588. The van der Waals surface area contributed by atoms with Crippen LogP contribution in [0.25, 0.3) is 10.8 Å². The number of nitrogens with one attached hydrogen (secondary N) is 1. The molecule has 22 heavy (non-hydrogen) atoms. The largest absolute Gasteiger partial charge is 0.497 e. The Hall–Kier alpha value is -2.53. The summed E-state index contributed by atoms with van der Waals surface area (Å²) >= 11 is 0. The molecule has 0 radical (unpaired) electrons. The number of ether oxygens (including phenoxy) is 1. The van der Waals surface area contributed by atoms with E-state index in [1.807, 2.05) is 24.3 Å². The summed E-state index contributed by atoms with van der Waals surface area (Å²) in [4.78, 5) is 0.238. The van der Waals surface area contributed by atoms with E-state index in [0.29, 0.717) is 11.4 Å². The zero-order chi connectivity index (χ0) is 15.6. The molecule has 1 N–H and O–H groups in total. The van der Waals surface area contributed by atoms with Crippen LogP contribution in [0.5, 0.6) is 5.75 Å². The number of benzene rings is 3. The van der Waals surface area contributed by atoms with Gasteiger partial charge in [-0.25, -0.2) is 8.42 Å². The van der Waals surface area contributed by atoms with Gasteiger partial charge in [-0.05, 0) is 47.2 Å². The average Bonchev–Trinajstić information content (AvgIpc) is 2.55. The summed E-state index contributed by atoms with van der Waals surface area (Å²) in [5.74, 6) is 0.675. The lowest BCUT2D eigenvalue weighted by atomic mass is 10.1. The lowest BCUT2D eigenvalue weighted by Crippen LogP contribution is -2.12. The number of sulfonamides is 1. The number of fused-ring (bicyclic) bond motifs is 1. The SMILES string of the molecule is COc1ccc(NS(=O)(=O)c2ccc3ccccc3c2)cc1. The lowest BCUT2D eigenvalue weighted by Gasteiger charge is -2.09. The second kappa shape index (κ2) is 5.69. The molecule has 0 aromatic heterocycles. The summed E-state index contributed by atoms with van der Waals surface area (Å²) in [6.45, 7) is 0. The van der Waals surface area contributed by atoms with E-state index in [0.717, 1.165) is 10.8 Å². The van der Waals surface area contributed by atoms with Crippen LogP contribution in [-0.2, 0) is 10.0 Å². The maximum Gasteiger partial charge on any atom is 0.261 e. The number of hydrogen-bond donors (Lipinski definition) is 1. The van der Waals surface area contributed by atoms with Crippen LogP contribution in [0, 0.1) is 0 Å². The van der Waals surface area contributed by atoms with Crippen LogP contribution < -0.4 is 9.46 Å². The molecular weight excluding hydrogens is 298 g/mol. The minimum absolute atomic E-state index is 0.238. The Morgan fingerprint density at radius 1 is 0.864 bits per heavy atom. The predicted molar refractivity (Wildman–Crippen MR) is 87.8 cm³/mol. The van der Waals surface area contributed by atoms with Crippen LogP contribution >= 0.6 is 0 Å². The van der Waals surface area contributed by atoms with Gasteiger partial charge in [-0.15, -0.1) is 0 Å². The van der Waals surface area contributed by atoms with Crippen LogP contribution in [0.15, 0.2) is 71.6 Å². The molecule has 3 aromatic rings. The molecule has 4 nitrogen and oxygen atoms in total. The van der Waals surface area contributed by atoms with Crippen molar-refractivity contribution in [3.63, 3.8) is 0 Å². The summed E-state index contributed by atoms with van der Waals surface area (Å²) in [5, 5.41) is 1.89. The van der Waals surface area contributed by atoms with Crippen LogP contribution in [0.3, 0.4) is 0 Å². The Kier molecular flexibility index (Phi) is 3.73. The van der Waals surface area contributed by atoms with Gasteiger partial charge in [-0.3, -0.25) is 4.72 Å². The predicted octanol–water partition coefficient (Wildman–Crippen LogP) is 3.65. The van der Waals surface area contributed by atoms with Gasteiger partial charge in [0.2, 0.25) is 0 Å². The Bertz CT molecular complexity index is 903. The van der Waals surface area contributed by atoms with E-state index in [-0.39, 0.29) is 4.90 Å². The van der Waals surface area contributed by atoms with Gasteiger partial charge in [0, 0.05) is 5.69 Å². The Balaban J connectivity index is 1.93. The first kappa shape index (κ1) is 14.4. The third-order valence-corrected chi connectivity index (χ3v) is 4.75. The molecular formula is C17H15NO3S. The van der Waals surface area contributed by atoms with Crippen molar-refractivity contribution in [2.24, 2.45) is 0 Å². The highest BCUT2D eigenvalue weighted by atomic mass is 32.2. The van der Waals surface area contributed by atoms with Crippen molar-refractivity contribution in [3.05, 3.63) is 66.7 Å². The maximum atomic E-state index is 12.5. The van der Waals surface area contributed by atoms with E-state index in [1.165, 1.54) is 0 Å². The lowest BCUT2D eigenvalue weighted by molar-refractivity contribution is 0.415. The molecule has 0 unspecified atom stereocenters. The fourth-order valence-corrected chi connectivity index (χ4v) is 3.30. The zero-order valence-corrected chi connectivity index (χ0v) is 12.8. The fourth-order valence-electron chi connectivity index (χ4n) is 2.21. The molecule has 0 bridgehead atoms. The highest BCUT2D eigenvalue weighted by Crippen LogP contribution is 2.22. The van der Waals surface area contributed by atoms with Gasteiger partial charge in [-0.1, -0.05) is 30.3 Å². The van der Waals surface area contributed by atoms with Crippen molar-refractivity contribution in [2.75, 3.05) is 11.8 Å². The van der Waals surface area contributed by atoms with Crippen molar-refractivity contribution in [2.45, 2.75) is 4.90 Å². The molecule has 3 rings (SSSR count). The van der Waals surface area contributed by atoms with E-state index < -0.39 is 10.0 Å². The first-order valence-electron chi connectivity index (χ1n) is 6.74. The molecule has 0 aliphatic carbocycles. The van der Waals surface area contributed by atoms with E-state index in [4.69, 9.17) is 4.74 Å². The quantitative estimate of drug-likeness (QED) is 0.800. The number of anilines is 1. The second-order valence-corrected chi connectivity index (χ2v) is 6.53. The van der Waals surface area contributed by atoms with Crippen molar-refractivity contribution >= 4 is 26.5 Å². The molecule has 3 aromatic carbocycles. The van der Waals surface area contributed by atoms with Gasteiger partial charge < -0.3 is 4.74 Å². The van der Waals surface area contributed by atoms with Crippen LogP contribution in [0.2, 0.25) is 0 Å². The molecule has 5 heteroatoms. The molecule has 0 amide bonds. The normalized spacial score (nSPS) is 11.3. The van der Waals surface area contributed by atoms with E-state index in [2.05, 4.69) is 4.72 Å². The second-order valence-electron chi connectivity index (χ2n) is 4.84. The molecule has 0 spiro atoms. The van der Waals surface area contributed by atoms with Gasteiger partial charge in [0.05, 0.1) is 12.0 Å². The van der Waals surface area contributed by atoms with Crippen molar-refractivity contribution < 1.29 is 13.2 Å². The molecule has 112 valence electrons. The molecule has 0 aliphatic rings. The molecule has 0 saturated carbocycles. The summed E-state index contributed by atoms with van der Waals surface area (Å²) in [6, 6.07) is 19.5. The standard InChI is InChI=1S/C17H15NO3S/c1-21-16-9-7-15(8-10-16)18-22(19,20)17-11-6-13-4-2-3-5-14(13)12-17/h2-12,18H,1H3. The Morgan fingerprint density at radius 2 is 1.55 bits per heavy atom. The van der Waals surface area contributed by atoms with E-state index in [9.17, 15) is 8.42 Å². The van der Waals surface area contributed by atoms with Crippen molar-refractivity contribution in [1.29, 1.82) is 0 Å². The van der Waals surface area contributed by atoms with Crippen molar-refractivity contribution in [1.82, 2.24) is 0 Å². The third-order valence-electron chi connectivity index (χ3n) is 3.37. The molecule has 0 fully saturated rings. The molecule has 0 saturated heterocycles. The van der Waals surface area contributed by atoms with Crippen LogP contribution in [0.1, 0.15) is 0 Å². The average molecular weight is 313 g/mol. The summed E-state index contributed by atoms with van der Waals surface area (Å²) < 4.78 is 32.5. The smallest absolute Gasteiger partial charge is 0.261 e. The minimum atomic E-state index is -3.62. The van der Waals surface area contributed by atoms with Crippen LogP contribution in [-0.4, -0.2) is 15.5 Å². The van der Waals surface area contributed by atoms with Crippen LogP contribution in [0.4, 0.5) is 5.69 Å². The maximum absolute atomic E-state index is 12.5. The van der Waals surface area contributed by atoms with Gasteiger partial charge in [0.15, 0.2) is 0 Å². The molecule has 0 heterocycles. The highest BCUT2D eigenvalue weighted by molar-refractivity contribution is 7.92. The molecule has 0 aliphatic heterocycles. The first-order chi connectivity index (χ1) is 10.6. The summed E-state index contributed by atoms with van der Waals surface area (Å²) in [6.07, 6.45) is 0. The number of hydrogen-bond acceptors (Lipinski definition) is 3. The number of rotatable bonds is 4. The Labute approximate surface area is 129 Å². The monoisotopic (exact) mass is 313 g/mol. The topological polar surface area (TPSA) is 55.4 Å². The van der Waals surface area contributed by atoms with Gasteiger partial charge in [0.25, 0.3) is 10.0 Å². The van der Waals surface area contributed by atoms with E-state index in [1.54, 1.807) is 49.6 Å². The van der Waals surface area contributed by atoms with Crippen molar-refractivity contribution in [3.8, 4) is 5.75 Å². The van der Waals surface area contributed by atoms with Gasteiger partial charge in [-0.2, -0.15) is 0 Å². The van der Waals surface area contributed by atoms with Gasteiger partial charge >= 0.3 is 0 Å². The minimum Gasteiger partial charge on any atom is -0.497 e. The summed E-state index contributed by atoms with van der Waals surface area (Å²) in [7, 11) is -2.05. The zero-order valence-electron chi connectivity index (χ0n) is 12.0. The van der Waals surface area contributed by atoms with Gasteiger partial charge in [0.1, 0.15) is 5.75 Å². The first-order valence-corrected chi connectivity index (χ1v) is 8.22. The highest BCUT2D eigenvalue weighted by Gasteiger charge is 2.14.